The summed E-state index contributed by atoms with van der Waals surface area (Å²) in [6.07, 6.45) is 3.79. The molecule has 3 aromatic carbocycles. The number of nitrogens with two attached hydrogens (primary N) is 1. The molecule has 5 heteroatoms. The number of para-hydroxylation sites is 3. The number of hydrogen-bond acceptors (Lipinski definition) is 2. The van der Waals surface area contributed by atoms with Crippen LogP contribution in [0.25, 0.3) is 22.6 Å². The fourth-order valence-electron chi connectivity index (χ4n) is 4.06. The standard InChI is InChI=1S/C25H19N3O2/c26-24(29)16-27-15-17(19-10-4-6-12-22(19)27)14-21-20-11-5-7-13-23(20)28(25(21)30)18-8-2-1-3-9-18/h1-15H,16H2,(H2,26,29). The normalized spacial score (nSPS) is 14.5. The molecule has 5 nitrogen and oxygen atoms in total. The van der Waals surface area contributed by atoms with Crippen molar-refractivity contribution in [2.45, 2.75) is 6.54 Å². The molecule has 0 aliphatic carbocycles. The zero-order valence-electron chi connectivity index (χ0n) is 16.2. The summed E-state index contributed by atoms with van der Waals surface area (Å²) in [6.45, 7) is 0.0877. The number of nitrogens with zero attached hydrogens (tertiary/aromatic N) is 2. The molecule has 4 aromatic rings. The number of rotatable bonds is 4. The van der Waals surface area contributed by atoms with Gasteiger partial charge in [0.1, 0.15) is 6.54 Å². The molecule has 5 rings (SSSR count). The van der Waals surface area contributed by atoms with Crippen molar-refractivity contribution in [3.8, 4) is 0 Å². The Morgan fingerprint density at radius 1 is 0.900 bits per heavy atom. The third-order valence-corrected chi connectivity index (χ3v) is 5.33. The van der Waals surface area contributed by atoms with E-state index in [2.05, 4.69) is 0 Å². The lowest BCUT2D eigenvalue weighted by atomic mass is 10.0. The van der Waals surface area contributed by atoms with Gasteiger partial charge >= 0.3 is 0 Å². The van der Waals surface area contributed by atoms with Crippen LogP contribution in [0.15, 0.2) is 85.1 Å². The Labute approximate surface area is 173 Å². The molecule has 2 N–H and O–H groups in total. The summed E-state index contributed by atoms with van der Waals surface area (Å²) in [5, 5.41) is 0.967. The van der Waals surface area contributed by atoms with E-state index in [0.29, 0.717) is 5.57 Å². The monoisotopic (exact) mass is 393 g/mol. The number of benzene rings is 3. The number of carbonyl (C=O) groups excluding carboxylic acids is 2. The quantitative estimate of drug-likeness (QED) is 0.524. The van der Waals surface area contributed by atoms with Crippen molar-refractivity contribution in [2.75, 3.05) is 4.90 Å². The second-order valence-corrected chi connectivity index (χ2v) is 7.25. The highest BCUT2D eigenvalue weighted by Gasteiger charge is 2.33. The van der Waals surface area contributed by atoms with Crippen molar-refractivity contribution >= 4 is 45.7 Å². The van der Waals surface area contributed by atoms with Crippen molar-refractivity contribution in [3.05, 3.63) is 96.2 Å². The summed E-state index contributed by atoms with van der Waals surface area (Å²) >= 11 is 0. The Hall–Kier alpha value is -4.12. The highest BCUT2D eigenvalue weighted by atomic mass is 16.2. The molecule has 0 unspecified atom stereocenters. The zero-order chi connectivity index (χ0) is 20.7. The first-order valence-electron chi connectivity index (χ1n) is 9.70. The van der Waals surface area contributed by atoms with Crippen molar-refractivity contribution in [3.63, 3.8) is 0 Å². The molecule has 0 saturated carbocycles. The second kappa shape index (κ2) is 7.04. The molecule has 0 bridgehead atoms. The van der Waals surface area contributed by atoms with Crippen LogP contribution in [-0.4, -0.2) is 16.4 Å². The first-order chi connectivity index (χ1) is 14.6. The van der Waals surface area contributed by atoms with Gasteiger partial charge in [-0.25, -0.2) is 0 Å². The predicted octanol–water partition coefficient (Wildman–Crippen LogP) is 4.35. The molecule has 1 aromatic heterocycles. The van der Waals surface area contributed by atoms with Gasteiger partial charge in [-0.2, -0.15) is 0 Å². The molecule has 2 heterocycles. The average Bonchev–Trinajstić information content (AvgIpc) is 3.24. The summed E-state index contributed by atoms with van der Waals surface area (Å²) in [5.41, 5.74) is 10.4. The Kier molecular flexibility index (Phi) is 4.21. The molecule has 0 saturated heterocycles. The number of fused-ring (bicyclic) bond motifs is 2. The fraction of sp³-hybridized carbons (Fsp3) is 0.0400. The molecule has 0 fully saturated rings. The summed E-state index contributed by atoms with van der Waals surface area (Å²) < 4.78 is 1.82. The number of amides is 2. The number of hydrogen-bond donors (Lipinski definition) is 1. The largest absolute Gasteiger partial charge is 0.368 e. The van der Waals surface area contributed by atoms with Gasteiger partial charge in [0, 0.05) is 33.9 Å². The van der Waals surface area contributed by atoms with Crippen LogP contribution in [0.1, 0.15) is 11.1 Å². The van der Waals surface area contributed by atoms with E-state index < -0.39 is 5.91 Å². The summed E-state index contributed by atoms with van der Waals surface area (Å²) in [6, 6.07) is 25.2. The predicted molar refractivity (Wildman–Crippen MR) is 119 cm³/mol. The highest BCUT2D eigenvalue weighted by Crippen LogP contribution is 2.42. The molecule has 0 atom stereocenters. The van der Waals surface area contributed by atoms with E-state index in [9.17, 15) is 9.59 Å². The summed E-state index contributed by atoms with van der Waals surface area (Å²) in [7, 11) is 0. The SMILES string of the molecule is NC(=O)Cn1cc(C=C2C(=O)N(c3ccccc3)c3ccccc32)c2ccccc21. The maximum atomic E-state index is 13.5. The third-order valence-electron chi connectivity index (χ3n) is 5.33. The molecule has 2 amide bonds. The Bertz CT molecular complexity index is 1320. The molecular formula is C25H19N3O2. The maximum Gasteiger partial charge on any atom is 0.263 e. The van der Waals surface area contributed by atoms with Crippen LogP contribution in [0.5, 0.6) is 0 Å². The Morgan fingerprint density at radius 3 is 2.40 bits per heavy atom. The lowest BCUT2D eigenvalue weighted by Crippen LogP contribution is -2.20. The maximum absolute atomic E-state index is 13.5. The Morgan fingerprint density at radius 2 is 1.60 bits per heavy atom. The van der Waals surface area contributed by atoms with Crippen molar-refractivity contribution in [1.29, 1.82) is 0 Å². The zero-order valence-corrected chi connectivity index (χ0v) is 16.2. The van der Waals surface area contributed by atoms with Gasteiger partial charge in [-0.05, 0) is 30.3 Å². The van der Waals surface area contributed by atoms with Gasteiger partial charge in [-0.15, -0.1) is 0 Å². The summed E-state index contributed by atoms with van der Waals surface area (Å²) in [5.74, 6) is -0.485. The lowest BCUT2D eigenvalue weighted by molar-refractivity contribution is -0.118. The molecule has 0 radical (unpaired) electrons. The average molecular weight is 393 g/mol. The van der Waals surface area contributed by atoms with E-state index in [1.807, 2.05) is 95.7 Å². The topological polar surface area (TPSA) is 68.3 Å². The van der Waals surface area contributed by atoms with E-state index >= 15 is 0 Å². The Balaban J connectivity index is 1.68. The smallest absolute Gasteiger partial charge is 0.263 e. The van der Waals surface area contributed by atoms with E-state index in [1.54, 1.807) is 4.90 Å². The number of anilines is 2. The minimum absolute atomic E-state index is 0.0749. The van der Waals surface area contributed by atoms with Gasteiger partial charge in [0.15, 0.2) is 0 Å². The first-order valence-corrected chi connectivity index (χ1v) is 9.70. The van der Waals surface area contributed by atoms with Gasteiger partial charge in [-0.1, -0.05) is 54.6 Å². The number of aromatic nitrogens is 1. The van der Waals surface area contributed by atoms with E-state index in [0.717, 1.165) is 33.4 Å². The van der Waals surface area contributed by atoms with Crippen LogP contribution in [0, 0.1) is 0 Å². The van der Waals surface area contributed by atoms with Gasteiger partial charge in [-0.3, -0.25) is 14.5 Å². The fourth-order valence-corrected chi connectivity index (χ4v) is 4.06. The summed E-state index contributed by atoms with van der Waals surface area (Å²) in [4.78, 5) is 26.7. The van der Waals surface area contributed by atoms with Crippen LogP contribution in [-0.2, 0) is 16.1 Å². The van der Waals surface area contributed by atoms with Crippen LogP contribution < -0.4 is 10.6 Å². The van der Waals surface area contributed by atoms with Crippen LogP contribution in [0.4, 0.5) is 11.4 Å². The number of primary amides is 1. The van der Waals surface area contributed by atoms with Crippen LogP contribution in [0.3, 0.4) is 0 Å². The molecule has 146 valence electrons. The van der Waals surface area contributed by atoms with Crippen molar-refractivity contribution < 1.29 is 9.59 Å². The van der Waals surface area contributed by atoms with Gasteiger partial charge < -0.3 is 10.3 Å². The van der Waals surface area contributed by atoms with Gasteiger partial charge in [0.25, 0.3) is 5.91 Å². The second-order valence-electron chi connectivity index (χ2n) is 7.25. The number of carbonyl (C=O) groups is 2. The van der Waals surface area contributed by atoms with E-state index in [-0.39, 0.29) is 12.5 Å². The van der Waals surface area contributed by atoms with Crippen LogP contribution >= 0.6 is 0 Å². The lowest BCUT2D eigenvalue weighted by Gasteiger charge is -2.16. The van der Waals surface area contributed by atoms with Crippen LogP contribution in [0.2, 0.25) is 0 Å². The molecule has 30 heavy (non-hydrogen) atoms. The molecular weight excluding hydrogens is 374 g/mol. The van der Waals surface area contributed by atoms with Gasteiger partial charge in [0.2, 0.25) is 5.91 Å². The minimum atomic E-state index is -0.410. The van der Waals surface area contributed by atoms with Gasteiger partial charge in [0.05, 0.1) is 11.3 Å². The molecule has 1 aliphatic heterocycles. The van der Waals surface area contributed by atoms with Crippen molar-refractivity contribution in [1.82, 2.24) is 4.57 Å². The molecule has 1 aliphatic rings. The third kappa shape index (κ3) is 2.88. The van der Waals surface area contributed by atoms with E-state index in [1.165, 1.54) is 0 Å². The van der Waals surface area contributed by atoms with Crippen molar-refractivity contribution in [2.24, 2.45) is 5.73 Å². The molecule has 0 spiro atoms. The van der Waals surface area contributed by atoms with E-state index in [4.69, 9.17) is 5.73 Å². The highest BCUT2D eigenvalue weighted by molar-refractivity contribution is 6.38. The minimum Gasteiger partial charge on any atom is -0.368 e. The first kappa shape index (κ1) is 17.9.